The van der Waals surface area contributed by atoms with Gasteiger partial charge >= 0.3 is 11.9 Å². The van der Waals surface area contributed by atoms with Crippen molar-refractivity contribution in [3.8, 4) is 0 Å². The lowest BCUT2D eigenvalue weighted by atomic mass is 10.1. The minimum Gasteiger partial charge on any atom is -0.473 e. The van der Waals surface area contributed by atoms with E-state index in [4.69, 9.17) is 24.5 Å². The number of benzene rings is 1. The van der Waals surface area contributed by atoms with E-state index in [1.807, 2.05) is 12.3 Å². The predicted octanol–water partition coefficient (Wildman–Crippen LogP) is 2.55. The standard InChI is InChI=1S/C20H23N3O.C2H2O4/c1-2-5-16(6-3-1)8-9-18-15-23(11-12-24-18)14-17-13-22-20-19(17)7-4-10-21-20;3-1(4)2(5)6/h1-7,10,13,18H,8-9,11-12,14-15H2,(H,21,22);(H,3,4)(H,5,6). The third kappa shape index (κ3) is 6.13. The zero-order valence-corrected chi connectivity index (χ0v) is 16.5. The quantitative estimate of drug-likeness (QED) is 0.553. The van der Waals surface area contributed by atoms with Crippen LogP contribution in [0.3, 0.4) is 0 Å². The number of nitrogens with one attached hydrogen (secondary N) is 1. The van der Waals surface area contributed by atoms with E-state index in [0.717, 1.165) is 44.7 Å². The number of nitrogens with zero attached hydrogens (tertiary/aromatic N) is 2. The molecule has 3 aromatic rings. The highest BCUT2D eigenvalue weighted by atomic mass is 16.5. The Hall–Kier alpha value is -3.23. The van der Waals surface area contributed by atoms with Gasteiger partial charge in [0.25, 0.3) is 0 Å². The number of aromatic nitrogens is 2. The first-order valence-electron chi connectivity index (χ1n) is 9.78. The van der Waals surface area contributed by atoms with Crippen molar-refractivity contribution < 1.29 is 24.5 Å². The highest BCUT2D eigenvalue weighted by Crippen LogP contribution is 2.20. The van der Waals surface area contributed by atoms with Crippen molar-refractivity contribution in [1.82, 2.24) is 14.9 Å². The number of carboxylic acids is 2. The first-order valence-corrected chi connectivity index (χ1v) is 9.78. The summed E-state index contributed by atoms with van der Waals surface area (Å²) in [6, 6.07) is 14.8. The molecule has 0 bridgehead atoms. The zero-order valence-electron chi connectivity index (χ0n) is 16.5. The number of hydrogen-bond donors (Lipinski definition) is 3. The third-order valence-corrected chi connectivity index (χ3v) is 4.93. The number of hydrogen-bond acceptors (Lipinski definition) is 5. The molecule has 1 saturated heterocycles. The summed E-state index contributed by atoms with van der Waals surface area (Å²) in [7, 11) is 0. The van der Waals surface area contributed by atoms with E-state index in [1.165, 1.54) is 16.5 Å². The SMILES string of the molecule is O=C(O)C(=O)O.c1ccc(CCC2CN(Cc3c[nH]c4ncccc34)CCO2)cc1. The van der Waals surface area contributed by atoms with Gasteiger partial charge < -0.3 is 19.9 Å². The Labute approximate surface area is 174 Å². The van der Waals surface area contributed by atoms with E-state index in [-0.39, 0.29) is 0 Å². The maximum absolute atomic E-state index is 9.10. The van der Waals surface area contributed by atoms with Crippen molar-refractivity contribution in [2.45, 2.75) is 25.5 Å². The molecule has 30 heavy (non-hydrogen) atoms. The number of rotatable bonds is 5. The highest BCUT2D eigenvalue weighted by Gasteiger charge is 2.21. The van der Waals surface area contributed by atoms with Gasteiger partial charge in [-0.15, -0.1) is 0 Å². The maximum atomic E-state index is 9.10. The number of pyridine rings is 1. The van der Waals surface area contributed by atoms with E-state index in [2.05, 4.69) is 57.5 Å². The fourth-order valence-corrected chi connectivity index (χ4v) is 3.46. The van der Waals surface area contributed by atoms with Gasteiger partial charge in [-0.2, -0.15) is 0 Å². The Balaban J connectivity index is 0.000000377. The summed E-state index contributed by atoms with van der Waals surface area (Å²) in [6.07, 6.45) is 6.40. The number of H-pyrrole nitrogens is 1. The minimum atomic E-state index is -1.82. The van der Waals surface area contributed by atoms with E-state index in [0.29, 0.717) is 6.10 Å². The number of aliphatic carboxylic acids is 2. The highest BCUT2D eigenvalue weighted by molar-refractivity contribution is 6.27. The number of ether oxygens (including phenoxy) is 1. The van der Waals surface area contributed by atoms with Crippen LogP contribution in [0.1, 0.15) is 17.5 Å². The summed E-state index contributed by atoms with van der Waals surface area (Å²) in [5, 5.41) is 16.0. The Morgan fingerprint density at radius 2 is 1.90 bits per heavy atom. The van der Waals surface area contributed by atoms with Crippen molar-refractivity contribution >= 4 is 23.0 Å². The smallest absolute Gasteiger partial charge is 0.414 e. The Morgan fingerprint density at radius 1 is 1.13 bits per heavy atom. The molecule has 1 aromatic carbocycles. The van der Waals surface area contributed by atoms with Crippen molar-refractivity contribution in [1.29, 1.82) is 0 Å². The van der Waals surface area contributed by atoms with Crippen LogP contribution in [-0.4, -0.2) is 62.8 Å². The van der Waals surface area contributed by atoms with Crippen molar-refractivity contribution in [3.05, 3.63) is 66.0 Å². The van der Waals surface area contributed by atoms with Crippen LogP contribution in [0.15, 0.2) is 54.9 Å². The minimum absolute atomic E-state index is 0.322. The van der Waals surface area contributed by atoms with Crippen LogP contribution in [0.2, 0.25) is 0 Å². The zero-order chi connectivity index (χ0) is 21.3. The molecule has 158 valence electrons. The molecule has 8 heteroatoms. The van der Waals surface area contributed by atoms with Gasteiger partial charge in [-0.3, -0.25) is 4.90 Å². The van der Waals surface area contributed by atoms with Crippen LogP contribution < -0.4 is 0 Å². The summed E-state index contributed by atoms with van der Waals surface area (Å²) in [6.45, 7) is 3.77. The molecule has 0 amide bonds. The maximum Gasteiger partial charge on any atom is 0.414 e. The molecular weight excluding hydrogens is 386 g/mol. The van der Waals surface area contributed by atoms with Crippen LogP contribution in [-0.2, 0) is 27.3 Å². The molecule has 3 heterocycles. The van der Waals surface area contributed by atoms with Crippen LogP contribution in [0.4, 0.5) is 0 Å². The normalized spacial score (nSPS) is 16.6. The second-order valence-electron chi connectivity index (χ2n) is 7.08. The lowest BCUT2D eigenvalue weighted by Gasteiger charge is -2.33. The average Bonchev–Trinajstić information content (AvgIpc) is 3.17. The van der Waals surface area contributed by atoms with Crippen LogP contribution >= 0.6 is 0 Å². The Morgan fingerprint density at radius 3 is 2.63 bits per heavy atom. The van der Waals surface area contributed by atoms with Gasteiger partial charge in [0.1, 0.15) is 5.65 Å². The Bertz CT molecular complexity index is 961. The molecule has 1 fully saturated rings. The molecule has 0 saturated carbocycles. The van der Waals surface area contributed by atoms with Gasteiger partial charge in [-0.1, -0.05) is 30.3 Å². The molecule has 0 radical (unpaired) electrons. The largest absolute Gasteiger partial charge is 0.473 e. The summed E-state index contributed by atoms with van der Waals surface area (Å²) in [4.78, 5) is 28.3. The van der Waals surface area contributed by atoms with Gasteiger partial charge in [0, 0.05) is 37.4 Å². The predicted molar refractivity (Wildman–Crippen MR) is 111 cm³/mol. The first kappa shape index (κ1) is 21.5. The summed E-state index contributed by atoms with van der Waals surface area (Å²) in [5.41, 5.74) is 3.68. The van der Waals surface area contributed by atoms with Crippen molar-refractivity contribution in [3.63, 3.8) is 0 Å². The van der Waals surface area contributed by atoms with E-state index >= 15 is 0 Å². The summed E-state index contributed by atoms with van der Waals surface area (Å²) in [5.74, 6) is -3.65. The monoisotopic (exact) mass is 411 g/mol. The molecule has 0 spiro atoms. The second kappa shape index (κ2) is 10.5. The summed E-state index contributed by atoms with van der Waals surface area (Å²) >= 11 is 0. The van der Waals surface area contributed by atoms with E-state index in [1.54, 1.807) is 0 Å². The van der Waals surface area contributed by atoms with Crippen LogP contribution in [0, 0.1) is 0 Å². The lowest BCUT2D eigenvalue weighted by molar-refractivity contribution is -0.159. The number of morpholine rings is 1. The number of carboxylic acid groups (broad SMARTS) is 2. The molecule has 3 N–H and O–H groups in total. The molecular formula is C22H25N3O5. The van der Waals surface area contributed by atoms with Gasteiger partial charge in [0.2, 0.25) is 0 Å². The van der Waals surface area contributed by atoms with Gasteiger partial charge in [0.15, 0.2) is 0 Å². The van der Waals surface area contributed by atoms with E-state index < -0.39 is 11.9 Å². The second-order valence-corrected chi connectivity index (χ2v) is 7.08. The van der Waals surface area contributed by atoms with Crippen molar-refractivity contribution in [2.24, 2.45) is 0 Å². The Kier molecular flexibility index (Phi) is 7.53. The topological polar surface area (TPSA) is 116 Å². The number of aromatic amines is 1. The van der Waals surface area contributed by atoms with E-state index in [9.17, 15) is 0 Å². The fraction of sp³-hybridized carbons (Fsp3) is 0.318. The van der Waals surface area contributed by atoms with Crippen molar-refractivity contribution in [2.75, 3.05) is 19.7 Å². The lowest BCUT2D eigenvalue weighted by Crippen LogP contribution is -2.42. The number of fused-ring (bicyclic) bond motifs is 1. The third-order valence-electron chi connectivity index (χ3n) is 4.93. The first-order chi connectivity index (χ1) is 14.5. The van der Waals surface area contributed by atoms with Gasteiger partial charge in [-0.25, -0.2) is 14.6 Å². The molecule has 2 aromatic heterocycles. The summed E-state index contributed by atoms with van der Waals surface area (Å²) < 4.78 is 5.97. The van der Waals surface area contributed by atoms with Crippen LogP contribution in [0.25, 0.3) is 11.0 Å². The average molecular weight is 411 g/mol. The number of carbonyl (C=O) groups is 2. The molecule has 0 aliphatic carbocycles. The molecule has 1 unspecified atom stereocenters. The molecule has 4 rings (SSSR count). The molecule has 1 atom stereocenters. The molecule has 8 nitrogen and oxygen atoms in total. The van der Waals surface area contributed by atoms with Crippen LogP contribution in [0.5, 0.6) is 0 Å². The molecule has 1 aliphatic rings. The molecule has 1 aliphatic heterocycles. The van der Waals surface area contributed by atoms with Gasteiger partial charge in [-0.05, 0) is 36.1 Å². The number of aryl methyl sites for hydroxylation is 1. The fourth-order valence-electron chi connectivity index (χ4n) is 3.46. The van der Waals surface area contributed by atoms with Gasteiger partial charge in [0.05, 0.1) is 12.7 Å².